The van der Waals surface area contributed by atoms with E-state index in [-0.39, 0.29) is 6.17 Å². The molecule has 0 amide bonds. The second kappa shape index (κ2) is 11.0. The van der Waals surface area contributed by atoms with Gasteiger partial charge in [-0.05, 0) is 52.2 Å². The van der Waals surface area contributed by atoms with E-state index in [9.17, 15) is 0 Å². The van der Waals surface area contributed by atoms with Crippen molar-refractivity contribution in [2.75, 3.05) is 0 Å². The first kappa shape index (κ1) is 27.6. The molecule has 0 saturated carbocycles. The fourth-order valence-electron chi connectivity index (χ4n) is 7.39. The van der Waals surface area contributed by atoms with Crippen molar-refractivity contribution < 1.29 is 4.42 Å². The summed E-state index contributed by atoms with van der Waals surface area (Å²) in [5.74, 6) is 0. The molecule has 0 fully saturated rings. The summed E-state index contributed by atoms with van der Waals surface area (Å²) in [6, 6.07) is 56.8. The average Bonchev–Trinajstić information content (AvgIpc) is 3.55. The van der Waals surface area contributed by atoms with Gasteiger partial charge in [0.15, 0.2) is 0 Å². The molecule has 7 aromatic carbocycles. The summed E-state index contributed by atoms with van der Waals surface area (Å²) in [4.78, 5) is 10.4. The van der Waals surface area contributed by atoms with Crippen molar-refractivity contribution in [3.63, 3.8) is 0 Å². The van der Waals surface area contributed by atoms with Gasteiger partial charge in [-0.15, -0.1) is 5.70 Å². The molecule has 9 aromatic rings. The van der Waals surface area contributed by atoms with E-state index < -0.39 is 0 Å². The summed E-state index contributed by atoms with van der Waals surface area (Å²) in [7, 11) is 0. The van der Waals surface area contributed by atoms with E-state index in [1.807, 2.05) is 36.4 Å². The van der Waals surface area contributed by atoms with Gasteiger partial charge in [-0.3, -0.25) is 4.99 Å². The van der Waals surface area contributed by atoms with Gasteiger partial charge in [0.1, 0.15) is 11.2 Å². The predicted octanol–water partition coefficient (Wildman–Crippen LogP) is 10.5. The largest absolute Gasteiger partial charge is 0.659 e. The molecule has 0 bridgehead atoms. The third-order valence-corrected chi connectivity index (χ3v) is 9.57. The lowest BCUT2D eigenvalue weighted by atomic mass is 9.89. The molecular formula is C45H28N3O-. The second-order valence-electron chi connectivity index (χ2n) is 12.5. The molecular weight excluding hydrogens is 599 g/mol. The Morgan fingerprint density at radius 3 is 2.08 bits per heavy atom. The van der Waals surface area contributed by atoms with Crippen LogP contribution in [0.2, 0.25) is 0 Å². The minimum absolute atomic E-state index is 0.316. The van der Waals surface area contributed by atoms with Crippen LogP contribution in [-0.4, -0.2) is 4.98 Å². The minimum Gasteiger partial charge on any atom is -0.659 e. The Kier molecular flexibility index (Phi) is 6.21. The van der Waals surface area contributed by atoms with Gasteiger partial charge < -0.3 is 9.73 Å². The molecule has 0 saturated heterocycles. The number of benzene rings is 7. The number of hydrogen-bond donors (Lipinski definition) is 0. The summed E-state index contributed by atoms with van der Waals surface area (Å²) >= 11 is 0. The van der Waals surface area contributed by atoms with Gasteiger partial charge in [0.25, 0.3) is 0 Å². The van der Waals surface area contributed by atoms with E-state index in [0.29, 0.717) is 0 Å². The van der Waals surface area contributed by atoms with E-state index in [4.69, 9.17) is 19.7 Å². The van der Waals surface area contributed by atoms with Crippen molar-refractivity contribution in [3.05, 3.63) is 191 Å². The molecule has 4 heteroatoms. The van der Waals surface area contributed by atoms with Gasteiger partial charge in [0.05, 0.1) is 16.6 Å². The number of rotatable bonds is 4. The van der Waals surface area contributed by atoms with E-state index >= 15 is 0 Å². The molecule has 230 valence electrons. The zero-order valence-corrected chi connectivity index (χ0v) is 26.4. The van der Waals surface area contributed by atoms with Crippen LogP contribution in [0, 0.1) is 0 Å². The van der Waals surface area contributed by atoms with E-state index in [1.165, 1.54) is 5.39 Å². The van der Waals surface area contributed by atoms with Crippen LogP contribution in [0.5, 0.6) is 0 Å². The lowest BCUT2D eigenvalue weighted by molar-refractivity contribution is 0.669. The van der Waals surface area contributed by atoms with Gasteiger partial charge in [0.2, 0.25) is 0 Å². The highest BCUT2D eigenvalue weighted by Crippen LogP contribution is 2.46. The maximum absolute atomic E-state index is 6.58. The van der Waals surface area contributed by atoms with Gasteiger partial charge in [0, 0.05) is 44.2 Å². The van der Waals surface area contributed by atoms with Gasteiger partial charge in [-0.25, -0.2) is 4.98 Å². The maximum Gasteiger partial charge on any atom is 0.136 e. The molecule has 0 spiro atoms. The van der Waals surface area contributed by atoms with Crippen LogP contribution in [0.15, 0.2) is 173 Å². The second-order valence-corrected chi connectivity index (χ2v) is 12.5. The van der Waals surface area contributed by atoms with Crippen molar-refractivity contribution in [2.45, 2.75) is 6.17 Å². The molecule has 10 rings (SSSR count). The lowest BCUT2D eigenvalue weighted by Gasteiger charge is -2.36. The Morgan fingerprint density at radius 1 is 0.510 bits per heavy atom. The fraction of sp³-hybridized carbons (Fsp3) is 0.0222. The Balaban J connectivity index is 1.27. The lowest BCUT2D eigenvalue weighted by Crippen LogP contribution is -2.31. The number of para-hydroxylation sites is 3. The molecule has 49 heavy (non-hydrogen) atoms. The zero-order chi connectivity index (χ0) is 32.3. The number of fused-ring (bicyclic) bond motifs is 7. The number of pyridine rings is 1. The summed E-state index contributed by atoms with van der Waals surface area (Å²) in [6.45, 7) is 0. The van der Waals surface area contributed by atoms with Gasteiger partial charge in [-0.1, -0.05) is 133 Å². The first-order valence-electron chi connectivity index (χ1n) is 16.6. The van der Waals surface area contributed by atoms with Crippen LogP contribution in [0.25, 0.3) is 77.0 Å². The molecule has 0 aliphatic carbocycles. The monoisotopic (exact) mass is 626 g/mol. The van der Waals surface area contributed by atoms with Crippen molar-refractivity contribution in [1.82, 2.24) is 4.98 Å². The number of hydrogen-bond acceptors (Lipinski definition) is 3. The fourth-order valence-corrected chi connectivity index (χ4v) is 7.39. The van der Waals surface area contributed by atoms with E-state index in [2.05, 4.69) is 127 Å². The van der Waals surface area contributed by atoms with Crippen molar-refractivity contribution in [1.29, 1.82) is 0 Å². The van der Waals surface area contributed by atoms with Crippen LogP contribution in [0.3, 0.4) is 0 Å². The molecule has 0 N–H and O–H groups in total. The van der Waals surface area contributed by atoms with Crippen LogP contribution < -0.4 is 10.6 Å². The molecule has 4 nitrogen and oxygen atoms in total. The molecule has 2 aromatic heterocycles. The topological polar surface area (TPSA) is 52.5 Å². The highest BCUT2D eigenvalue weighted by Gasteiger charge is 2.21. The van der Waals surface area contributed by atoms with Crippen molar-refractivity contribution >= 4 is 49.3 Å². The van der Waals surface area contributed by atoms with Gasteiger partial charge >= 0.3 is 0 Å². The Morgan fingerprint density at radius 2 is 1.20 bits per heavy atom. The van der Waals surface area contributed by atoms with Crippen molar-refractivity contribution in [3.8, 4) is 22.4 Å². The van der Waals surface area contributed by atoms with Crippen LogP contribution in [-0.2, 0) is 0 Å². The smallest absolute Gasteiger partial charge is 0.136 e. The molecule has 1 unspecified atom stereocenters. The summed E-state index contributed by atoms with van der Waals surface area (Å²) in [5, 5.41) is 12.8. The Labute approximate surface area is 282 Å². The van der Waals surface area contributed by atoms with Crippen LogP contribution in [0.4, 0.5) is 0 Å². The van der Waals surface area contributed by atoms with Crippen LogP contribution >= 0.6 is 0 Å². The van der Waals surface area contributed by atoms with E-state index in [0.717, 1.165) is 88.0 Å². The maximum atomic E-state index is 6.58. The van der Waals surface area contributed by atoms with Crippen LogP contribution in [0.1, 0.15) is 17.3 Å². The molecule has 0 radical (unpaired) electrons. The molecule has 1 aliphatic heterocycles. The Hall–Kier alpha value is -6.52. The van der Waals surface area contributed by atoms with E-state index in [1.54, 1.807) is 0 Å². The average molecular weight is 627 g/mol. The molecule has 1 aliphatic rings. The number of nitrogens with zero attached hydrogens (tertiary/aromatic N) is 3. The third kappa shape index (κ3) is 4.45. The van der Waals surface area contributed by atoms with Gasteiger partial charge in [-0.2, -0.15) is 0 Å². The van der Waals surface area contributed by atoms with Crippen molar-refractivity contribution in [2.24, 2.45) is 4.99 Å². The minimum atomic E-state index is -0.316. The zero-order valence-electron chi connectivity index (χ0n) is 26.4. The number of aromatic nitrogens is 1. The molecule has 1 atom stereocenters. The Bertz CT molecular complexity index is 2860. The summed E-state index contributed by atoms with van der Waals surface area (Å²) < 4.78 is 6.58. The normalized spacial score (nSPS) is 14.2. The number of furan rings is 1. The first-order chi connectivity index (χ1) is 24.3. The highest BCUT2D eigenvalue weighted by atomic mass is 16.3. The summed E-state index contributed by atoms with van der Waals surface area (Å²) in [6.07, 6.45) is -0.316. The quantitative estimate of drug-likeness (QED) is 0.183. The highest BCUT2D eigenvalue weighted by molar-refractivity contribution is 6.27. The SMILES string of the molecule is c1ccc(-c2c3c(cc4c(-c5cccc(C6=c7ccccc7=NC(c7ccccc7)[N-]6)c5)nc5ccccc5c24)oc2ccccc23)cc1. The third-order valence-electron chi connectivity index (χ3n) is 9.57. The first-order valence-corrected chi connectivity index (χ1v) is 16.6. The standard InChI is InChI=1S/C45H28N3O/c1-3-14-28(15-4-1)40-41-32-20-7-10-23-36(32)46-44(35(41)27-39-42(40)34-22-9-12-25-38(34)49-39)31-19-13-18-30(26-31)43-33-21-8-11-24-37(33)47-45(48-43)29-16-5-2-6-17-29/h1-27,45H/q-1. The summed E-state index contributed by atoms with van der Waals surface area (Å²) in [5.41, 5.74) is 9.91. The predicted molar refractivity (Wildman–Crippen MR) is 200 cm³/mol. The molecule has 3 heterocycles.